The molecule has 2 unspecified atom stereocenters. The molecule has 2 N–H and O–H groups in total. The zero-order valence-electron chi connectivity index (χ0n) is 8.93. The predicted octanol–water partition coefficient (Wildman–Crippen LogP) is 0.916. The van der Waals surface area contributed by atoms with Gasteiger partial charge in [0.2, 0.25) is 5.91 Å². The average Bonchev–Trinajstić information content (AvgIpc) is 2.19. The van der Waals surface area contributed by atoms with Gasteiger partial charge >= 0.3 is 5.97 Å². The maximum Gasteiger partial charge on any atom is 0.325 e. The molecule has 0 fully saturated rings. The van der Waals surface area contributed by atoms with E-state index in [0.29, 0.717) is 6.42 Å². The third kappa shape index (κ3) is 1.78. The summed E-state index contributed by atoms with van der Waals surface area (Å²) in [5.74, 6) is -1.40. The normalized spacial score (nSPS) is 19.2. The van der Waals surface area contributed by atoms with Crippen molar-refractivity contribution in [3.05, 3.63) is 35.4 Å². The van der Waals surface area contributed by atoms with Gasteiger partial charge in [-0.25, -0.2) is 0 Å². The lowest BCUT2D eigenvalue weighted by Crippen LogP contribution is -2.43. The first-order valence-electron chi connectivity index (χ1n) is 5.20. The molecule has 0 bridgehead atoms. The van der Waals surface area contributed by atoms with Gasteiger partial charge < -0.3 is 10.4 Å². The molecule has 0 spiro atoms. The molecular weight excluding hydrogens is 206 g/mol. The van der Waals surface area contributed by atoms with Crippen molar-refractivity contribution in [1.82, 2.24) is 5.32 Å². The van der Waals surface area contributed by atoms with Crippen molar-refractivity contribution in [1.29, 1.82) is 0 Å². The van der Waals surface area contributed by atoms with Crippen LogP contribution in [-0.2, 0) is 16.0 Å². The fourth-order valence-corrected chi connectivity index (χ4v) is 1.87. The maximum atomic E-state index is 11.7. The first-order chi connectivity index (χ1) is 7.59. The Labute approximate surface area is 93.3 Å². The van der Waals surface area contributed by atoms with Crippen LogP contribution in [0.2, 0.25) is 0 Å². The topological polar surface area (TPSA) is 66.4 Å². The van der Waals surface area contributed by atoms with E-state index in [-0.39, 0.29) is 11.8 Å². The molecule has 0 heterocycles. The van der Waals surface area contributed by atoms with Crippen LogP contribution in [0.15, 0.2) is 24.3 Å². The predicted molar refractivity (Wildman–Crippen MR) is 58.1 cm³/mol. The molecule has 0 radical (unpaired) electrons. The Bertz CT molecular complexity index is 442. The van der Waals surface area contributed by atoms with Crippen LogP contribution >= 0.6 is 0 Å². The summed E-state index contributed by atoms with van der Waals surface area (Å²) >= 11 is 0. The molecule has 1 amide bonds. The van der Waals surface area contributed by atoms with Crippen molar-refractivity contribution in [3.63, 3.8) is 0 Å². The number of carbonyl (C=O) groups excluding carboxylic acids is 1. The largest absolute Gasteiger partial charge is 0.480 e. The third-order valence-electron chi connectivity index (χ3n) is 2.90. The first-order valence-corrected chi connectivity index (χ1v) is 5.20. The fraction of sp³-hybridized carbons (Fsp3) is 0.333. The molecule has 4 heteroatoms. The number of hydrogen-bond donors (Lipinski definition) is 2. The summed E-state index contributed by atoms with van der Waals surface area (Å²) in [4.78, 5) is 22.3. The molecule has 1 aliphatic rings. The summed E-state index contributed by atoms with van der Waals surface area (Å²) in [7, 11) is 0. The Balaban J connectivity index is 2.02. The monoisotopic (exact) mass is 219 g/mol. The average molecular weight is 219 g/mol. The molecule has 2 rings (SSSR count). The highest BCUT2D eigenvalue weighted by atomic mass is 16.4. The molecule has 0 aromatic heterocycles. The summed E-state index contributed by atoms with van der Waals surface area (Å²) in [6.07, 6.45) is 0.703. The SMILES string of the molecule is CC(NC(=O)C1Cc2ccccc21)C(=O)O. The van der Waals surface area contributed by atoms with Crippen molar-refractivity contribution in [3.8, 4) is 0 Å². The summed E-state index contributed by atoms with van der Waals surface area (Å²) < 4.78 is 0. The molecule has 4 nitrogen and oxygen atoms in total. The van der Waals surface area contributed by atoms with Crippen molar-refractivity contribution in [2.45, 2.75) is 25.3 Å². The van der Waals surface area contributed by atoms with Gasteiger partial charge in [-0.15, -0.1) is 0 Å². The Kier molecular flexibility index (Phi) is 2.64. The minimum absolute atomic E-state index is 0.182. The second-order valence-electron chi connectivity index (χ2n) is 4.02. The Morgan fingerprint density at radius 1 is 1.44 bits per heavy atom. The molecule has 1 aromatic rings. The number of hydrogen-bond acceptors (Lipinski definition) is 2. The van der Waals surface area contributed by atoms with E-state index >= 15 is 0 Å². The quantitative estimate of drug-likeness (QED) is 0.794. The van der Waals surface area contributed by atoms with Gasteiger partial charge in [-0.05, 0) is 24.5 Å². The van der Waals surface area contributed by atoms with E-state index in [0.717, 1.165) is 5.56 Å². The zero-order valence-corrected chi connectivity index (χ0v) is 8.93. The van der Waals surface area contributed by atoms with E-state index in [1.54, 1.807) is 0 Å². The molecule has 1 aliphatic carbocycles. The van der Waals surface area contributed by atoms with Crippen LogP contribution in [0, 0.1) is 0 Å². The van der Waals surface area contributed by atoms with Crippen LogP contribution in [0.1, 0.15) is 24.0 Å². The second-order valence-corrected chi connectivity index (χ2v) is 4.02. The number of rotatable bonds is 3. The summed E-state index contributed by atoms with van der Waals surface area (Å²) in [5, 5.41) is 11.2. The van der Waals surface area contributed by atoms with Crippen molar-refractivity contribution < 1.29 is 14.7 Å². The lowest BCUT2D eigenvalue weighted by molar-refractivity contribution is -0.141. The van der Waals surface area contributed by atoms with Crippen LogP contribution in [0.3, 0.4) is 0 Å². The summed E-state index contributed by atoms with van der Waals surface area (Å²) in [6.45, 7) is 1.46. The summed E-state index contributed by atoms with van der Waals surface area (Å²) in [6, 6.07) is 6.89. The highest BCUT2D eigenvalue weighted by Crippen LogP contribution is 2.34. The van der Waals surface area contributed by atoms with E-state index in [4.69, 9.17) is 5.11 Å². The minimum atomic E-state index is -1.01. The Hall–Kier alpha value is -1.84. The molecule has 84 valence electrons. The number of fused-ring (bicyclic) bond motifs is 1. The number of amides is 1. The lowest BCUT2D eigenvalue weighted by Gasteiger charge is -2.29. The number of carbonyl (C=O) groups is 2. The number of carboxylic acids is 1. The van der Waals surface area contributed by atoms with Gasteiger partial charge in [0.05, 0.1) is 5.92 Å². The zero-order chi connectivity index (χ0) is 11.7. The second kappa shape index (κ2) is 3.96. The molecule has 1 aromatic carbocycles. The molecule has 0 saturated heterocycles. The lowest BCUT2D eigenvalue weighted by atomic mass is 9.77. The molecular formula is C12H13NO3. The number of carboxylic acid groups (broad SMARTS) is 1. The van der Waals surface area contributed by atoms with Crippen LogP contribution < -0.4 is 5.32 Å². The fourth-order valence-electron chi connectivity index (χ4n) is 1.87. The highest BCUT2D eigenvalue weighted by molar-refractivity contribution is 5.90. The van der Waals surface area contributed by atoms with Crippen LogP contribution in [-0.4, -0.2) is 23.0 Å². The van der Waals surface area contributed by atoms with Crippen LogP contribution in [0.5, 0.6) is 0 Å². The van der Waals surface area contributed by atoms with E-state index < -0.39 is 12.0 Å². The molecule has 0 saturated carbocycles. The van der Waals surface area contributed by atoms with Gasteiger partial charge in [0.15, 0.2) is 0 Å². The molecule has 2 atom stereocenters. The summed E-state index contributed by atoms with van der Waals surface area (Å²) in [5.41, 5.74) is 2.18. The van der Waals surface area contributed by atoms with Gasteiger partial charge in [0, 0.05) is 0 Å². The van der Waals surface area contributed by atoms with Gasteiger partial charge in [-0.2, -0.15) is 0 Å². The smallest absolute Gasteiger partial charge is 0.325 e. The van der Waals surface area contributed by atoms with E-state index in [2.05, 4.69) is 5.32 Å². The van der Waals surface area contributed by atoms with Gasteiger partial charge in [0.25, 0.3) is 0 Å². The van der Waals surface area contributed by atoms with E-state index in [1.165, 1.54) is 12.5 Å². The number of nitrogens with one attached hydrogen (secondary N) is 1. The maximum absolute atomic E-state index is 11.7. The molecule has 0 aliphatic heterocycles. The van der Waals surface area contributed by atoms with E-state index in [1.807, 2.05) is 24.3 Å². The van der Waals surface area contributed by atoms with Gasteiger partial charge in [-0.1, -0.05) is 24.3 Å². The third-order valence-corrected chi connectivity index (χ3v) is 2.90. The number of aliphatic carboxylic acids is 1. The first kappa shape index (κ1) is 10.7. The van der Waals surface area contributed by atoms with Crippen LogP contribution in [0.4, 0.5) is 0 Å². The molecule has 16 heavy (non-hydrogen) atoms. The highest BCUT2D eigenvalue weighted by Gasteiger charge is 2.32. The Morgan fingerprint density at radius 2 is 2.12 bits per heavy atom. The van der Waals surface area contributed by atoms with Gasteiger partial charge in [-0.3, -0.25) is 9.59 Å². The Morgan fingerprint density at radius 3 is 2.75 bits per heavy atom. The number of benzene rings is 1. The van der Waals surface area contributed by atoms with Crippen molar-refractivity contribution in [2.24, 2.45) is 0 Å². The standard InChI is InChI=1S/C12H13NO3/c1-7(12(15)16)13-11(14)10-6-8-4-2-3-5-9(8)10/h2-5,7,10H,6H2,1H3,(H,13,14)(H,15,16). The van der Waals surface area contributed by atoms with E-state index in [9.17, 15) is 9.59 Å². The van der Waals surface area contributed by atoms with Gasteiger partial charge in [0.1, 0.15) is 6.04 Å². The van der Waals surface area contributed by atoms with Crippen molar-refractivity contribution >= 4 is 11.9 Å². The van der Waals surface area contributed by atoms with Crippen molar-refractivity contribution in [2.75, 3.05) is 0 Å². The minimum Gasteiger partial charge on any atom is -0.480 e. The van der Waals surface area contributed by atoms with Crippen LogP contribution in [0.25, 0.3) is 0 Å².